The van der Waals surface area contributed by atoms with E-state index in [0.29, 0.717) is 0 Å². The van der Waals surface area contributed by atoms with Crippen LogP contribution in [0.1, 0.15) is 29.6 Å². The van der Waals surface area contributed by atoms with Crippen molar-refractivity contribution in [1.82, 2.24) is 4.90 Å². The molecular formula is C16H16BrNO. The fraction of sp³-hybridized carbons (Fsp3) is 0.312. The fourth-order valence-electron chi connectivity index (χ4n) is 2.74. The SMILES string of the molecule is O=C(c1cccc2cccc(Br)c12)N1CCCCC1. The molecule has 3 heteroatoms. The smallest absolute Gasteiger partial charge is 0.254 e. The minimum Gasteiger partial charge on any atom is -0.339 e. The maximum Gasteiger partial charge on any atom is 0.254 e. The van der Waals surface area contributed by atoms with Gasteiger partial charge < -0.3 is 4.90 Å². The Labute approximate surface area is 121 Å². The van der Waals surface area contributed by atoms with Gasteiger partial charge in [0.15, 0.2) is 0 Å². The summed E-state index contributed by atoms with van der Waals surface area (Å²) >= 11 is 3.57. The van der Waals surface area contributed by atoms with E-state index in [-0.39, 0.29) is 5.91 Å². The molecule has 2 nitrogen and oxygen atoms in total. The molecule has 1 aliphatic heterocycles. The number of amides is 1. The topological polar surface area (TPSA) is 20.3 Å². The number of likely N-dealkylation sites (tertiary alicyclic amines) is 1. The minimum atomic E-state index is 0.164. The standard InChI is InChI=1S/C16H16BrNO/c17-14-9-5-7-12-6-4-8-13(15(12)14)16(19)18-10-2-1-3-11-18/h4-9H,1-3,10-11H2. The number of halogens is 1. The molecular weight excluding hydrogens is 302 g/mol. The Morgan fingerprint density at radius 3 is 2.42 bits per heavy atom. The molecule has 98 valence electrons. The first kappa shape index (κ1) is 12.7. The van der Waals surface area contributed by atoms with Crippen LogP contribution in [0.3, 0.4) is 0 Å². The Balaban J connectivity index is 2.06. The molecule has 1 amide bonds. The highest BCUT2D eigenvalue weighted by Gasteiger charge is 2.20. The summed E-state index contributed by atoms with van der Waals surface area (Å²) in [4.78, 5) is 14.7. The van der Waals surface area contributed by atoms with Gasteiger partial charge >= 0.3 is 0 Å². The van der Waals surface area contributed by atoms with E-state index in [1.54, 1.807) is 0 Å². The van der Waals surface area contributed by atoms with Crippen molar-refractivity contribution >= 4 is 32.6 Å². The van der Waals surface area contributed by atoms with E-state index in [1.807, 2.05) is 41.3 Å². The molecule has 19 heavy (non-hydrogen) atoms. The van der Waals surface area contributed by atoms with Gasteiger partial charge in [-0.05, 0) is 36.8 Å². The molecule has 2 aromatic rings. The summed E-state index contributed by atoms with van der Waals surface area (Å²) in [6, 6.07) is 12.0. The first-order valence-electron chi connectivity index (χ1n) is 6.74. The lowest BCUT2D eigenvalue weighted by Crippen LogP contribution is -2.35. The lowest BCUT2D eigenvalue weighted by atomic mass is 10.0. The summed E-state index contributed by atoms with van der Waals surface area (Å²) in [5.41, 5.74) is 0.812. The van der Waals surface area contributed by atoms with E-state index in [1.165, 1.54) is 6.42 Å². The highest BCUT2D eigenvalue weighted by Crippen LogP contribution is 2.28. The lowest BCUT2D eigenvalue weighted by Gasteiger charge is -2.27. The Bertz CT molecular complexity index is 612. The Morgan fingerprint density at radius 2 is 1.68 bits per heavy atom. The van der Waals surface area contributed by atoms with Gasteiger partial charge in [-0.3, -0.25) is 4.79 Å². The molecule has 0 spiro atoms. The van der Waals surface area contributed by atoms with Crippen molar-refractivity contribution in [2.45, 2.75) is 19.3 Å². The van der Waals surface area contributed by atoms with Crippen LogP contribution in [-0.2, 0) is 0 Å². The molecule has 3 rings (SSSR count). The monoisotopic (exact) mass is 317 g/mol. The van der Waals surface area contributed by atoms with Crippen LogP contribution in [0.5, 0.6) is 0 Å². The van der Waals surface area contributed by atoms with Crippen molar-refractivity contribution in [2.24, 2.45) is 0 Å². The zero-order valence-corrected chi connectivity index (χ0v) is 12.3. The summed E-state index contributed by atoms with van der Waals surface area (Å²) in [5.74, 6) is 0.164. The number of fused-ring (bicyclic) bond motifs is 1. The first-order chi connectivity index (χ1) is 9.27. The van der Waals surface area contributed by atoms with Gasteiger partial charge in [-0.15, -0.1) is 0 Å². The van der Waals surface area contributed by atoms with Crippen molar-refractivity contribution in [2.75, 3.05) is 13.1 Å². The second-order valence-corrected chi connectivity index (χ2v) is 5.85. The van der Waals surface area contributed by atoms with Crippen molar-refractivity contribution in [1.29, 1.82) is 0 Å². The van der Waals surface area contributed by atoms with Gasteiger partial charge in [0.25, 0.3) is 5.91 Å². The number of hydrogen-bond acceptors (Lipinski definition) is 1. The largest absolute Gasteiger partial charge is 0.339 e. The summed E-state index contributed by atoms with van der Waals surface area (Å²) in [6.45, 7) is 1.78. The normalized spacial score (nSPS) is 15.7. The molecule has 0 aromatic heterocycles. The third-order valence-corrected chi connectivity index (χ3v) is 4.39. The quantitative estimate of drug-likeness (QED) is 0.770. The molecule has 0 N–H and O–H groups in total. The zero-order chi connectivity index (χ0) is 13.2. The van der Waals surface area contributed by atoms with E-state index in [2.05, 4.69) is 15.9 Å². The molecule has 0 radical (unpaired) electrons. The van der Waals surface area contributed by atoms with Crippen LogP contribution in [0.2, 0.25) is 0 Å². The second kappa shape index (κ2) is 5.33. The third kappa shape index (κ3) is 2.39. The maximum absolute atomic E-state index is 12.7. The van der Waals surface area contributed by atoms with Crippen LogP contribution in [0.4, 0.5) is 0 Å². The van der Waals surface area contributed by atoms with Gasteiger partial charge in [-0.2, -0.15) is 0 Å². The molecule has 0 atom stereocenters. The molecule has 1 saturated heterocycles. The van der Waals surface area contributed by atoms with Crippen molar-refractivity contribution in [3.63, 3.8) is 0 Å². The molecule has 0 bridgehead atoms. The Hall–Kier alpha value is -1.35. The molecule has 1 aliphatic rings. The van der Waals surface area contributed by atoms with Crippen LogP contribution >= 0.6 is 15.9 Å². The van der Waals surface area contributed by atoms with Gasteiger partial charge in [-0.1, -0.05) is 40.2 Å². The molecule has 0 aliphatic carbocycles. The average Bonchev–Trinajstić information content (AvgIpc) is 2.47. The molecule has 0 saturated carbocycles. The van der Waals surface area contributed by atoms with Gasteiger partial charge in [0, 0.05) is 28.5 Å². The van der Waals surface area contributed by atoms with E-state index < -0.39 is 0 Å². The fourth-order valence-corrected chi connectivity index (χ4v) is 3.34. The highest BCUT2D eigenvalue weighted by atomic mass is 79.9. The number of carbonyl (C=O) groups is 1. The van der Waals surface area contributed by atoms with Crippen LogP contribution in [-0.4, -0.2) is 23.9 Å². The third-order valence-electron chi connectivity index (χ3n) is 3.73. The van der Waals surface area contributed by atoms with Crippen LogP contribution in [0, 0.1) is 0 Å². The Kier molecular flexibility index (Phi) is 3.56. The molecule has 0 unspecified atom stereocenters. The highest BCUT2D eigenvalue weighted by molar-refractivity contribution is 9.10. The molecule has 1 heterocycles. The van der Waals surface area contributed by atoms with Crippen molar-refractivity contribution in [3.8, 4) is 0 Å². The Morgan fingerprint density at radius 1 is 1.00 bits per heavy atom. The van der Waals surface area contributed by atoms with Gasteiger partial charge in [0.05, 0.1) is 0 Å². The first-order valence-corrected chi connectivity index (χ1v) is 7.53. The summed E-state index contributed by atoms with van der Waals surface area (Å²) in [5, 5.41) is 2.14. The number of hydrogen-bond donors (Lipinski definition) is 0. The van der Waals surface area contributed by atoms with E-state index in [0.717, 1.165) is 46.7 Å². The minimum absolute atomic E-state index is 0.164. The summed E-state index contributed by atoms with van der Waals surface area (Å²) in [7, 11) is 0. The van der Waals surface area contributed by atoms with Crippen LogP contribution < -0.4 is 0 Å². The summed E-state index contributed by atoms with van der Waals surface area (Å²) in [6.07, 6.45) is 3.48. The number of carbonyl (C=O) groups excluding carboxylic acids is 1. The van der Waals surface area contributed by atoms with E-state index in [9.17, 15) is 4.79 Å². The average molecular weight is 318 g/mol. The van der Waals surface area contributed by atoms with Gasteiger partial charge in [0.2, 0.25) is 0 Å². The zero-order valence-electron chi connectivity index (χ0n) is 10.7. The summed E-state index contributed by atoms with van der Waals surface area (Å²) < 4.78 is 0.992. The number of nitrogens with zero attached hydrogens (tertiary/aromatic N) is 1. The van der Waals surface area contributed by atoms with E-state index in [4.69, 9.17) is 0 Å². The maximum atomic E-state index is 12.7. The second-order valence-electron chi connectivity index (χ2n) is 5.00. The lowest BCUT2D eigenvalue weighted by molar-refractivity contribution is 0.0726. The number of rotatable bonds is 1. The predicted octanol–water partition coefficient (Wildman–Crippen LogP) is 4.23. The van der Waals surface area contributed by atoms with Crippen LogP contribution in [0.25, 0.3) is 10.8 Å². The van der Waals surface area contributed by atoms with Gasteiger partial charge in [0.1, 0.15) is 0 Å². The van der Waals surface area contributed by atoms with Crippen molar-refractivity contribution in [3.05, 3.63) is 46.4 Å². The van der Waals surface area contributed by atoms with E-state index >= 15 is 0 Å². The number of benzene rings is 2. The van der Waals surface area contributed by atoms with Crippen LogP contribution in [0.15, 0.2) is 40.9 Å². The number of piperidine rings is 1. The molecule has 1 fully saturated rings. The molecule has 2 aromatic carbocycles. The van der Waals surface area contributed by atoms with Crippen molar-refractivity contribution < 1.29 is 4.79 Å². The van der Waals surface area contributed by atoms with Gasteiger partial charge in [-0.25, -0.2) is 0 Å². The predicted molar refractivity (Wildman–Crippen MR) is 81.4 cm³/mol.